The Morgan fingerprint density at radius 1 is 1.30 bits per heavy atom. The second-order valence-corrected chi connectivity index (χ2v) is 6.42. The maximum Gasteiger partial charge on any atom is 0.410 e. The number of rotatable bonds is 6. The zero-order valence-electron chi connectivity index (χ0n) is 14.3. The molecule has 0 saturated heterocycles. The van der Waals surface area contributed by atoms with E-state index in [1.807, 2.05) is 6.07 Å². The van der Waals surface area contributed by atoms with Crippen molar-refractivity contribution in [2.45, 2.75) is 39.2 Å². The largest absolute Gasteiger partial charge is 0.508 e. The van der Waals surface area contributed by atoms with E-state index < -0.39 is 11.7 Å². The fourth-order valence-electron chi connectivity index (χ4n) is 1.85. The van der Waals surface area contributed by atoms with E-state index in [-0.39, 0.29) is 18.1 Å². The van der Waals surface area contributed by atoms with Crippen molar-refractivity contribution in [3.05, 3.63) is 29.8 Å². The molecule has 6 heteroatoms. The van der Waals surface area contributed by atoms with E-state index in [0.717, 1.165) is 5.56 Å². The van der Waals surface area contributed by atoms with Crippen molar-refractivity contribution in [1.82, 2.24) is 10.2 Å². The zero-order chi connectivity index (χ0) is 17.5. The number of hydrogen-bond donors (Lipinski definition) is 2. The molecule has 0 heterocycles. The third kappa shape index (κ3) is 8.09. The Labute approximate surface area is 137 Å². The number of carbonyl (C=O) groups is 2. The molecule has 2 N–H and O–H groups in total. The van der Waals surface area contributed by atoms with Gasteiger partial charge >= 0.3 is 6.09 Å². The fraction of sp³-hybridized carbons (Fsp3) is 0.529. The molecular formula is C17H26N2O4. The summed E-state index contributed by atoms with van der Waals surface area (Å²) < 4.78 is 5.21. The number of benzene rings is 1. The predicted octanol–water partition coefficient (Wildman–Crippen LogP) is 2.31. The number of carbonyl (C=O) groups excluding carboxylic acids is 2. The maximum atomic E-state index is 11.8. The van der Waals surface area contributed by atoms with E-state index >= 15 is 0 Å². The molecule has 0 aliphatic heterocycles. The highest BCUT2D eigenvalue weighted by Crippen LogP contribution is 2.11. The topological polar surface area (TPSA) is 78.9 Å². The summed E-state index contributed by atoms with van der Waals surface area (Å²) in [6.45, 7) is 6.18. The van der Waals surface area contributed by atoms with Gasteiger partial charge in [0.25, 0.3) is 0 Å². The summed E-state index contributed by atoms with van der Waals surface area (Å²) in [5.74, 6) is 0.0911. The summed E-state index contributed by atoms with van der Waals surface area (Å²) in [7, 11) is 1.61. The van der Waals surface area contributed by atoms with Crippen molar-refractivity contribution in [1.29, 1.82) is 0 Å². The Morgan fingerprint density at radius 2 is 2.00 bits per heavy atom. The minimum Gasteiger partial charge on any atom is -0.508 e. The van der Waals surface area contributed by atoms with Gasteiger partial charge in [0.2, 0.25) is 5.91 Å². The van der Waals surface area contributed by atoms with E-state index in [9.17, 15) is 14.7 Å². The smallest absolute Gasteiger partial charge is 0.410 e. The normalized spacial score (nSPS) is 11.0. The number of nitrogens with one attached hydrogen (secondary N) is 1. The van der Waals surface area contributed by atoms with Gasteiger partial charge in [0.05, 0.1) is 0 Å². The van der Waals surface area contributed by atoms with Crippen LogP contribution < -0.4 is 5.32 Å². The number of ether oxygens (including phenoxy) is 1. The summed E-state index contributed by atoms with van der Waals surface area (Å²) in [5.41, 5.74) is 0.408. The van der Waals surface area contributed by atoms with Gasteiger partial charge in [-0.3, -0.25) is 4.79 Å². The molecule has 0 saturated carbocycles. The fourth-order valence-corrected chi connectivity index (χ4v) is 1.85. The molecule has 0 aliphatic rings. The van der Waals surface area contributed by atoms with Crippen LogP contribution in [0.5, 0.6) is 5.75 Å². The van der Waals surface area contributed by atoms with Crippen molar-refractivity contribution < 1.29 is 19.4 Å². The molecule has 23 heavy (non-hydrogen) atoms. The molecule has 0 unspecified atom stereocenters. The van der Waals surface area contributed by atoms with Crippen molar-refractivity contribution in [2.75, 3.05) is 20.1 Å². The maximum absolute atomic E-state index is 11.8. The molecule has 0 atom stereocenters. The molecule has 1 rings (SSSR count). The van der Waals surface area contributed by atoms with E-state index in [1.54, 1.807) is 46.0 Å². The number of phenolic OH excluding ortho intramolecular Hbond substituents is 1. The summed E-state index contributed by atoms with van der Waals surface area (Å²) in [4.78, 5) is 24.9. The van der Waals surface area contributed by atoms with Crippen molar-refractivity contribution >= 4 is 12.0 Å². The number of phenols is 1. The molecule has 1 aromatic rings. The van der Waals surface area contributed by atoms with Crippen LogP contribution in [-0.2, 0) is 16.0 Å². The molecule has 0 radical (unpaired) electrons. The summed E-state index contributed by atoms with van der Waals surface area (Å²) in [6, 6.07) is 6.93. The lowest BCUT2D eigenvalue weighted by molar-refractivity contribution is -0.121. The van der Waals surface area contributed by atoms with Crippen LogP contribution in [0.25, 0.3) is 0 Å². The summed E-state index contributed by atoms with van der Waals surface area (Å²) in [6.07, 6.45) is 0.419. The molecule has 0 aliphatic carbocycles. The quantitative estimate of drug-likeness (QED) is 0.842. The van der Waals surface area contributed by atoms with E-state index in [0.29, 0.717) is 19.5 Å². The van der Waals surface area contributed by atoms with E-state index in [4.69, 9.17) is 4.74 Å². The third-order valence-corrected chi connectivity index (χ3v) is 3.03. The first-order valence-electron chi connectivity index (χ1n) is 7.66. The highest BCUT2D eigenvalue weighted by molar-refractivity contribution is 5.77. The lowest BCUT2D eigenvalue weighted by atomic mass is 10.1. The molecule has 6 nitrogen and oxygen atoms in total. The zero-order valence-corrected chi connectivity index (χ0v) is 14.3. The van der Waals surface area contributed by atoms with Gasteiger partial charge in [-0.25, -0.2) is 4.79 Å². The van der Waals surface area contributed by atoms with E-state index in [2.05, 4.69) is 5.32 Å². The Balaban J connectivity index is 2.25. The Bertz CT molecular complexity index is 538. The van der Waals surface area contributed by atoms with Gasteiger partial charge < -0.3 is 20.1 Å². The van der Waals surface area contributed by atoms with Crippen LogP contribution in [0.1, 0.15) is 32.8 Å². The first kappa shape index (κ1) is 18.8. The first-order chi connectivity index (χ1) is 10.7. The van der Waals surface area contributed by atoms with Gasteiger partial charge in [-0.2, -0.15) is 0 Å². The average molecular weight is 322 g/mol. The van der Waals surface area contributed by atoms with Gasteiger partial charge in [0.15, 0.2) is 0 Å². The van der Waals surface area contributed by atoms with Crippen LogP contribution in [0.4, 0.5) is 4.79 Å². The summed E-state index contributed by atoms with van der Waals surface area (Å²) >= 11 is 0. The minimum absolute atomic E-state index is 0.124. The van der Waals surface area contributed by atoms with Crippen LogP contribution in [0, 0.1) is 0 Å². The predicted molar refractivity (Wildman–Crippen MR) is 88.3 cm³/mol. The van der Waals surface area contributed by atoms with Crippen LogP contribution >= 0.6 is 0 Å². The SMILES string of the molecule is CN(CCC(=O)NCCc1cccc(O)c1)C(=O)OC(C)(C)C. The monoisotopic (exact) mass is 322 g/mol. The van der Waals surface area contributed by atoms with Crippen LogP contribution in [-0.4, -0.2) is 47.7 Å². The van der Waals surface area contributed by atoms with Gasteiger partial charge in [-0.15, -0.1) is 0 Å². The van der Waals surface area contributed by atoms with Crippen LogP contribution in [0.15, 0.2) is 24.3 Å². The van der Waals surface area contributed by atoms with E-state index in [1.165, 1.54) is 4.90 Å². The Kier molecular flexibility index (Phi) is 6.88. The van der Waals surface area contributed by atoms with Crippen molar-refractivity contribution in [3.8, 4) is 5.75 Å². The Morgan fingerprint density at radius 3 is 2.61 bits per heavy atom. The van der Waals surface area contributed by atoms with Gasteiger partial charge in [0.1, 0.15) is 11.4 Å². The first-order valence-corrected chi connectivity index (χ1v) is 7.66. The highest BCUT2D eigenvalue weighted by Gasteiger charge is 2.19. The van der Waals surface area contributed by atoms with Crippen molar-refractivity contribution in [2.24, 2.45) is 0 Å². The molecule has 0 bridgehead atoms. The molecule has 128 valence electrons. The molecular weight excluding hydrogens is 296 g/mol. The molecule has 0 spiro atoms. The molecule has 0 fully saturated rings. The van der Waals surface area contributed by atoms with Gasteiger partial charge in [-0.1, -0.05) is 12.1 Å². The van der Waals surface area contributed by atoms with Gasteiger partial charge in [-0.05, 0) is 44.9 Å². The van der Waals surface area contributed by atoms with Crippen molar-refractivity contribution in [3.63, 3.8) is 0 Å². The second kappa shape index (κ2) is 8.41. The lowest BCUT2D eigenvalue weighted by Crippen LogP contribution is -2.36. The summed E-state index contributed by atoms with van der Waals surface area (Å²) in [5, 5.41) is 12.2. The number of hydrogen-bond acceptors (Lipinski definition) is 4. The second-order valence-electron chi connectivity index (χ2n) is 6.42. The van der Waals surface area contributed by atoms with Crippen LogP contribution in [0.3, 0.4) is 0 Å². The Hall–Kier alpha value is -2.24. The standard InChI is InChI=1S/C17H26N2O4/c1-17(2,3)23-16(22)19(4)11-9-15(21)18-10-8-13-6-5-7-14(20)12-13/h5-7,12,20H,8-11H2,1-4H3,(H,18,21). The molecule has 0 aromatic heterocycles. The minimum atomic E-state index is -0.547. The lowest BCUT2D eigenvalue weighted by Gasteiger charge is -2.24. The number of aromatic hydroxyl groups is 1. The van der Waals surface area contributed by atoms with Gasteiger partial charge in [0, 0.05) is 26.6 Å². The van der Waals surface area contributed by atoms with Crippen LogP contribution in [0.2, 0.25) is 0 Å². The number of amides is 2. The molecule has 2 amide bonds. The number of nitrogens with zero attached hydrogens (tertiary/aromatic N) is 1. The average Bonchev–Trinajstić information content (AvgIpc) is 2.43. The third-order valence-electron chi connectivity index (χ3n) is 3.03. The highest BCUT2D eigenvalue weighted by atomic mass is 16.6. The molecule has 1 aromatic carbocycles.